The van der Waals surface area contributed by atoms with E-state index in [0.29, 0.717) is 12.1 Å². The number of hydrogen-bond donors (Lipinski definition) is 1. The molecule has 0 saturated carbocycles. The van der Waals surface area contributed by atoms with Crippen molar-refractivity contribution in [2.75, 3.05) is 26.4 Å². The molecule has 0 aromatic heterocycles. The van der Waals surface area contributed by atoms with Crippen LogP contribution >= 0.6 is 0 Å². The molecule has 3 aliphatic heterocycles. The van der Waals surface area contributed by atoms with Gasteiger partial charge in [0.25, 0.3) is 0 Å². The van der Waals surface area contributed by atoms with Gasteiger partial charge in [-0.25, -0.2) is 0 Å². The Morgan fingerprint density at radius 2 is 2.10 bits per heavy atom. The number of fused-ring (bicyclic) bond motifs is 2. The molecule has 2 bridgehead atoms. The molecule has 3 nitrogen and oxygen atoms in total. The number of hydrogen-bond acceptors (Lipinski definition) is 3. The summed E-state index contributed by atoms with van der Waals surface area (Å²) < 4.78 is 5.28. The number of ether oxygens (including phenoxy) is 1. The highest BCUT2D eigenvalue weighted by Crippen LogP contribution is 2.29. The standard InChI is InChI=1S/C7H13NO2/c9-2-1-8-6-3-7(8)5-10-4-6/h6-7,9H,1-5H2. The molecule has 3 heteroatoms. The van der Waals surface area contributed by atoms with Gasteiger partial charge < -0.3 is 9.84 Å². The molecule has 0 amide bonds. The van der Waals surface area contributed by atoms with Crippen LogP contribution in [-0.4, -0.2) is 48.5 Å². The Balaban J connectivity index is 1.87. The molecule has 58 valence electrons. The van der Waals surface area contributed by atoms with Crippen molar-refractivity contribution in [3.05, 3.63) is 0 Å². The number of nitrogens with zero attached hydrogens (tertiary/aromatic N) is 1. The largest absolute Gasteiger partial charge is 0.395 e. The molecule has 1 N–H and O–H groups in total. The molecule has 0 radical (unpaired) electrons. The first-order valence-corrected chi connectivity index (χ1v) is 3.86. The lowest BCUT2D eigenvalue weighted by Crippen LogP contribution is -2.64. The van der Waals surface area contributed by atoms with E-state index < -0.39 is 0 Å². The summed E-state index contributed by atoms with van der Waals surface area (Å²) in [4.78, 5) is 2.34. The van der Waals surface area contributed by atoms with Crippen LogP contribution in [0.2, 0.25) is 0 Å². The molecule has 0 aromatic carbocycles. The minimum absolute atomic E-state index is 0.285. The molecule has 10 heavy (non-hydrogen) atoms. The lowest BCUT2D eigenvalue weighted by atomic mass is 9.92. The van der Waals surface area contributed by atoms with Gasteiger partial charge in [-0.2, -0.15) is 0 Å². The van der Waals surface area contributed by atoms with Crippen LogP contribution in [0.1, 0.15) is 6.42 Å². The number of aliphatic hydroxyl groups is 1. The van der Waals surface area contributed by atoms with Gasteiger partial charge in [0, 0.05) is 18.6 Å². The molecule has 2 atom stereocenters. The fraction of sp³-hybridized carbons (Fsp3) is 1.00. The lowest BCUT2D eigenvalue weighted by Gasteiger charge is -2.52. The smallest absolute Gasteiger partial charge is 0.0623 e. The highest BCUT2D eigenvalue weighted by Gasteiger charge is 2.41. The van der Waals surface area contributed by atoms with Gasteiger partial charge in [0.05, 0.1) is 19.8 Å². The van der Waals surface area contributed by atoms with Crippen LogP contribution < -0.4 is 0 Å². The average Bonchev–Trinajstić information content (AvgIpc) is 2.01. The van der Waals surface area contributed by atoms with E-state index in [1.807, 2.05) is 0 Å². The highest BCUT2D eigenvalue weighted by atomic mass is 16.5. The maximum absolute atomic E-state index is 8.67. The van der Waals surface area contributed by atoms with Crippen molar-refractivity contribution < 1.29 is 9.84 Å². The van der Waals surface area contributed by atoms with E-state index in [0.717, 1.165) is 19.8 Å². The first kappa shape index (κ1) is 6.58. The first-order valence-electron chi connectivity index (χ1n) is 3.86. The molecule has 0 aliphatic carbocycles. The molecule has 0 aromatic rings. The summed E-state index contributed by atoms with van der Waals surface area (Å²) in [5.41, 5.74) is 0. The van der Waals surface area contributed by atoms with E-state index in [2.05, 4.69) is 4.90 Å². The maximum atomic E-state index is 8.67. The van der Waals surface area contributed by atoms with Gasteiger partial charge in [0.1, 0.15) is 0 Å². The van der Waals surface area contributed by atoms with E-state index in [4.69, 9.17) is 9.84 Å². The van der Waals surface area contributed by atoms with Gasteiger partial charge in [0.15, 0.2) is 0 Å². The zero-order chi connectivity index (χ0) is 6.97. The van der Waals surface area contributed by atoms with Gasteiger partial charge >= 0.3 is 0 Å². The second kappa shape index (κ2) is 2.49. The fourth-order valence-corrected chi connectivity index (χ4v) is 1.89. The molecular formula is C7H13NO2. The van der Waals surface area contributed by atoms with Crippen molar-refractivity contribution in [2.24, 2.45) is 0 Å². The van der Waals surface area contributed by atoms with E-state index in [-0.39, 0.29) is 6.61 Å². The third-order valence-corrected chi connectivity index (χ3v) is 2.46. The first-order chi connectivity index (χ1) is 4.92. The lowest BCUT2D eigenvalue weighted by molar-refractivity contribution is -0.130. The summed E-state index contributed by atoms with van der Waals surface area (Å²) in [6.45, 7) is 2.86. The van der Waals surface area contributed by atoms with Crippen LogP contribution in [0.5, 0.6) is 0 Å². The Morgan fingerprint density at radius 1 is 1.40 bits per heavy atom. The van der Waals surface area contributed by atoms with Crippen LogP contribution in [0, 0.1) is 0 Å². The van der Waals surface area contributed by atoms with Crippen LogP contribution in [0.3, 0.4) is 0 Å². The van der Waals surface area contributed by atoms with Crippen molar-refractivity contribution >= 4 is 0 Å². The molecule has 0 spiro atoms. The van der Waals surface area contributed by atoms with Crippen LogP contribution in [0.4, 0.5) is 0 Å². The molecule has 3 heterocycles. The van der Waals surface area contributed by atoms with E-state index in [9.17, 15) is 0 Å². The number of aliphatic hydroxyl groups excluding tert-OH is 1. The fourth-order valence-electron chi connectivity index (χ4n) is 1.89. The predicted octanol–water partition coefficient (Wildman–Crippen LogP) is -0.548. The van der Waals surface area contributed by atoms with Crippen LogP contribution in [0.15, 0.2) is 0 Å². The molecule has 3 rings (SSSR count). The summed E-state index contributed by atoms with van der Waals surface area (Å²) in [7, 11) is 0. The molecule has 3 aliphatic rings. The van der Waals surface area contributed by atoms with Gasteiger partial charge in [-0.3, -0.25) is 4.90 Å². The summed E-state index contributed by atoms with van der Waals surface area (Å²) in [5, 5.41) is 8.67. The van der Waals surface area contributed by atoms with Crippen molar-refractivity contribution in [3.63, 3.8) is 0 Å². The predicted molar refractivity (Wildman–Crippen MR) is 36.8 cm³/mol. The van der Waals surface area contributed by atoms with Crippen molar-refractivity contribution in [1.29, 1.82) is 0 Å². The Hall–Kier alpha value is -0.120. The van der Waals surface area contributed by atoms with Gasteiger partial charge in [-0.1, -0.05) is 0 Å². The summed E-state index contributed by atoms with van der Waals surface area (Å²) in [6, 6.07) is 1.23. The minimum atomic E-state index is 0.285. The minimum Gasteiger partial charge on any atom is -0.395 e. The third kappa shape index (κ3) is 0.856. The highest BCUT2D eigenvalue weighted by molar-refractivity contribution is 4.95. The quantitative estimate of drug-likeness (QED) is 0.563. The average molecular weight is 143 g/mol. The second-order valence-electron chi connectivity index (χ2n) is 3.04. The molecule has 3 fully saturated rings. The maximum Gasteiger partial charge on any atom is 0.0623 e. The Morgan fingerprint density at radius 3 is 2.60 bits per heavy atom. The topological polar surface area (TPSA) is 32.7 Å². The van der Waals surface area contributed by atoms with E-state index in [1.165, 1.54) is 6.42 Å². The van der Waals surface area contributed by atoms with Crippen LogP contribution in [0.25, 0.3) is 0 Å². The summed E-state index contributed by atoms with van der Waals surface area (Å²) in [5.74, 6) is 0. The summed E-state index contributed by atoms with van der Waals surface area (Å²) >= 11 is 0. The van der Waals surface area contributed by atoms with Crippen molar-refractivity contribution in [3.8, 4) is 0 Å². The Bertz CT molecular complexity index is 115. The van der Waals surface area contributed by atoms with Crippen LogP contribution in [-0.2, 0) is 4.74 Å². The van der Waals surface area contributed by atoms with E-state index in [1.54, 1.807) is 0 Å². The molecule has 2 unspecified atom stereocenters. The SMILES string of the molecule is OCCN1C2COCC1C2. The second-order valence-corrected chi connectivity index (χ2v) is 3.04. The normalized spacial score (nSPS) is 39.3. The summed E-state index contributed by atoms with van der Waals surface area (Å²) in [6.07, 6.45) is 1.28. The van der Waals surface area contributed by atoms with Gasteiger partial charge in [-0.05, 0) is 6.42 Å². The van der Waals surface area contributed by atoms with Crippen molar-refractivity contribution in [2.45, 2.75) is 18.5 Å². The number of rotatable bonds is 2. The zero-order valence-corrected chi connectivity index (χ0v) is 5.99. The Kier molecular flexibility index (Phi) is 1.64. The molecular weight excluding hydrogens is 130 g/mol. The zero-order valence-electron chi connectivity index (χ0n) is 5.99. The number of morpholine rings is 1. The van der Waals surface area contributed by atoms with E-state index >= 15 is 0 Å². The Labute approximate surface area is 60.6 Å². The molecule has 3 saturated heterocycles. The monoisotopic (exact) mass is 143 g/mol. The van der Waals surface area contributed by atoms with Crippen molar-refractivity contribution in [1.82, 2.24) is 4.90 Å². The van der Waals surface area contributed by atoms with Gasteiger partial charge in [0.2, 0.25) is 0 Å². The third-order valence-electron chi connectivity index (χ3n) is 2.46. The van der Waals surface area contributed by atoms with Gasteiger partial charge in [-0.15, -0.1) is 0 Å².